The molecule has 3 aliphatic carbocycles. The first kappa shape index (κ1) is 28.8. The monoisotopic (exact) mass is 575 g/mol. The molecule has 2 aromatic rings. The number of benzene rings is 2. The minimum atomic E-state index is -2.76. The van der Waals surface area contributed by atoms with Crippen molar-refractivity contribution in [1.29, 1.82) is 0 Å². The number of carbonyl (C=O) groups is 7. The Labute approximate surface area is 239 Å². The fraction of sp³-hybridized carbons (Fsp3) is 0.367. The summed E-state index contributed by atoms with van der Waals surface area (Å²) in [5.41, 5.74) is 3.29. The van der Waals surface area contributed by atoms with Crippen LogP contribution in [0, 0.1) is 23.7 Å². The molecule has 4 amide bonds. The standard InChI is InChI=1S/C30H29N3O9/c1-12(2)16-11-18(32-29(41)33-28(40)13-6-4-3-5-7-13)23(35)21-17(16)9-14-8-15-10-19(34)22(27(31)39)26(38)30(15,42)25(37)20(14)24(21)36/h3-7,11-12,14-15,20,22,35,42H,8-10H2,1-2H3,(H2,31,39)(H2,32,33,40,41)/t14-,15+,20?,22?,30+/m1/s1. The van der Waals surface area contributed by atoms with Gasteiger partial charge in [0, 0.05) is 17.9 Å². The number of nitrogens with two attached hydrogens (primary N) is 1. The van der Waals surface area contributed by atoms with Gasteiger partial charge in [-0.25, -0.2) is 4.79 Å². The van der Waals surface area contributed by atoms with Gasteiger partial charge in [-0.2, -0.15) is 0 Å². The molecule has 2 unspecified atom stereocenters. The smallest absolute Gasteiger partial charge is 0.326 e. The van der Waals surface area contributed by atoms with Gasteiger partial charge in [-0.3, -0.25) is 34.1 Å². The number of ketones is 4. The van der Waals surface area contributed by atoms with Gasteiger partial charge in [0.15, 0.2) is 34.7 Å². The Balaban J connectivity index is 1.51. The number of hydrogen-bond acceptors (Lipinski definition) is 9. The fourth-order valence-electron chi connectivity index (χ4n) is 6.59. The molecule has 12 nitrogen and oxygen atoms in total. The third kappa shape index (κ3) is 4.38. The van der Waals surface area contributed by atoms with Crippen LogP contribution < -0.4 is 16.4 Å². The molecule has 0 aromatic heterocycles. The normalized spacial score (nSPS) is 26.7. The van der Waals surface area contributed by atoms with Crippen molar-refractivity contribution < 1.29 is 43.8 Å². The van der Waals surface area contributed by atoms with Crippen molar-refractivity contribution in [3.05, 3.63) is 58.7 Å². The second-order valence-electron chi connectivity index (χ2n) is 11.4. The lowest BCUT2D eigenvalue weighted by Crippen LogP contribution is -2.68. The average Bonchev–Trinajstić information content (AvgIpc) is 2.92. The minimum Gasteiger partial charge on any atom is -0.505 e. The maximum absolute atomic E-state index is 13.9. The summed E-state index contributed by atoms with van der Waals surface area (Å²) in [6.45, 7) is 3.67. The number of fused-ring (bicyclic) bond motifs is 3. The summed E-state index contributed by atoms with van der Waals surface area (Å²) >= 11 is 0. The first-order chi connectivity index (χ1) is 19.8. The largest absolute Gasteiger partial charge is 0.505 e. The molecule has 0 aliphatic heterocycles. The van der Waals surface area contributed by atoms with E-state index in [1.54, 1.807) is 18.2 Å². The van der Waals surface area contributed by atoms with Gasteiger partial charge in [0.25, 0.3) is 5.91 Å². The number of phenols is 1. The van der Waals surface area contributed by atoms with Gasteiger partial charge in [-0.15, -0.1) is 0 Å². The summed E-state index contributed by atoms with van der Waals surface area (Å²) in [5.74, 6) is -12.3. The topological polar surface area (TPSA) is 210 Å². The van der Waals surface area contributed by atoms with Crippen LogP contribution >= 0.6 is 0 Å². The number of aliphatic hydroxyl groups is 1. The highest BCUT2D eigenvalue weighted by Crippen LogP contribution is 2.51. The maximum atomic E-state index is 13.9. The van der Waals surface area contributed by atoms with E-state index in [0.717, 1.165) is 0 Å². The van der Waals surface area contributed by atoms with Crippen molar-refractivity contribution in [1.82, 2.24) is 5.32 Å². The van der Waals surface area contributed by atoms with E-state index in [4.69, 9.17) is 5.73 Å². The molecule has 5 rings (SSSR count). The van der Waals surface area contributed by atoms with Gasteiger partial charge in [0.1, 0.15) is 5.75 Å². The lowest BCUT2D eigenvalue weighted by molar-refractivity contribution is -0.175. The first-order valence-corrected chi connectivity index (χ1v) is 13.5. The molecule has 12 heteroatoms. The second kappa shape index (κ2) is 10.3. The van der Waals surface area contributed by atoms with Gasteiger partial charge in [-0.05, 0) is 54.0 Å². The fourth-order valence-corrected chi connectivity index (χ4v) is 6.59. The third-order valence-corrected chi connectivity index (χ3v) is 8.57. The highest BCUT2D eigenvalue weighted by Gasteiger charge is 2.66. The van der Waals surface area contributed by atoms with Crippen LogP contribution in [0.2, 0.25) is 0 Å². The van der Waals surface area contributed by atoms with Crippen molar-refractivity contribution in [3.8, 4) is 5.75 Å². The molecule has 218 valence electrons. The number of imide groups is 1. The molecule has 2 fully saturated rings. The van der Waals surface area contributed by atoms with Gasteiger partial charge in [0.05, 0.1) is 17.2 Å². The maximum Gasteiger partial charge on any atom is 0.326 e. The molecule has 0 saturated heterocycles. The molecule has 0 spiro atoms. The van der Waals surface area contributed by atoms with Crippen LogP contribution in [0.15, 0.2) is 36.4 Å². The number of primary amides is 1. The van der Waals surface area contributed by atoms with Crippen molar-refractivity contribution in [2.45, 2.75) is 44.6 Å². The number of phenolic OH excluding ortho intramolecular Hbond substituents is 1. The molecule has 0 radical (unpaired) electrons. The van der Waals surface area contributed by atoms with E-state index in [9.17, 15) is 43.8 Å². The lowest BCUT2D eigenvalue weighted by Gasteiger charge is -2.48. The van der Waals surface area contributed by atoms with E-state index in [0.29, 0.717) is 11.1 Å². The Morgan fingerprint density at radius 3 is 2.31 bits per heavy atom. The van der Waals surface area contributed by atoms with Crippen molar-refractivity contribution in [2.75, 3.05) is 5.32 Å². The van der Waals surface area contributed by atoms with Crippen LogP contribution in [-0.2, 0) is 25.6 Å². The van der Waals surface area contributed by atoms with Crippen molar-refractivity contribution in [2.24, 2.45) is 29.4 Å². The molecule has 5 atom stereocenters. The number of anilines is 1. The van der Waals surface area contributed by atoms with Gasteiger partial charge in [0.2, 0.25) is 5.91 Å². The molecule has 6 N–H and O–H groups in total. The molecular weight excluding hydrogens is 546 g/mol. The summed E-state index contributed by atoms with van der Waals surface area (Å²) in [4.78, 5) is 90.2. The van der Waals surface area contributed by atoms with Crippen LogP contribution in [0.1, 0.15) is 64.4 Å². The molecular formula is C30H29N3O9. The number of Topliss-reactive ketones (excluding diaryl/α,β-unsaturated/α-hetero) is 4. The van der Waals surface area contributed by atoms with Crippen LogP contribution in [0.25, 0.3) is 0 Å². The third-order valence-electron chi connectivity index (χ3n) is 8.57. The molecule has 2 saturated carbocycles. The Morgan fingerprint density at radius 1 is 1.02 bits per heavy atom. The zero-order valence-corrected chi connectivity index (χ0v) is 22.8. The van der Waals surface area contributed by atoms with Crippen molar-refractivity contribution in [3.63, 3.8) is 0 Å². The molecule has 3 aliphatic rings. The van der Waals surface area contributed by atoms with Gasteiger partial charge in [-0.1, -0.05) is 32.0 Å². The van der Waals surface area contributed by atoms with E-state index in [1.165, 1.54) is 18.2 Å². The van der Waals surface area contributed by atoms with E-state index >= 15 is 0 Å². The number of carbonyl (C=O) groups excluding carboxylic acids is 7. The predicted octanol–water partition coefficient (Wildman–Crippen LogP) is 1.41. The predicted molar refractivity (Wildman–Crippen MR) is 146 cm³/mol. The summed E-state index contributed by atoms with van der Waals surface area (Å²) in [6, 6.07) is 8.46. The summed E-state index contributed by atoms with van der Waals surface area (Å²) in [7, 11) is 0. The molecule has 0 heterocycles. The number of aromatic hydroxyl groups is 1. The van der Waals surface area contributed by atoms with E-state index in [1.807, 2.05) is 13.8 Å². The zero-order valence-electron chi connectivity index (χ0n) is 22.8. The number of nitrogens with one attached hydrogen (secondary N) is 2. The summed E-state index contributed by atoms with van der Waals surface area (Å²) in [6.07, 6.45) is -0.330. The Morgan fingerprint density at radius 2 is 1.69 bits per heavy atom. The number of hydrogen-bond donors (Lipinski definition) is 5. The highest BCUT2D eigenvalue weighted by molar-refractivity contribution is 6.31. The van der Waals surface area contributed by atoms with Crippen molar-refractivity contribution >= 4 is 46.7 Å². The number of urea groups is 1. The van der Waals surface area contributed by atoms with E-state index in [2.05, 4.69) is 10.6 Å². The number of amides is 4. The quantitative estimate of drug-likeness (QED) is 0.263. The zero-order chi connectivity index (χ0) is 30.7. The van der Waals surface area contributed by atoms with E-state index < -0.39 is 82.4 Å². The summed E-state index contributed by atoms with van der Waals surface area (Å²) < 4.78 is 0. The van der Waals surface area contributed by atoms with Crippen LogP contribution in [0.4, 0.5) is 10.5 Å². The van der Waals surface area contributed by atoms with Crippen LogP contribution in [-0.4, -0.2) is 56.8 Å². The van der Waals surface area contributed by atoms with Gasteiger partial charge < -0.3 is 21.3 Å². The minimum absolute atomic E-state index is 0.0245. The SMILES string of the molecule is CC(C)c1cc(NC(=O)NC(=O)c2ccccc2)c(O)c2c1C[C@H]1C[C@H]3CC(=O)C(C(N)=O)C(=O)[C@@]3(O)C(=O)C1C2=O. The second-order valence-corrected chi connectivity index (χ2v) is 11.4. The van der Waals surface area contributed by atoms with Crippen LogP contribution in [0.3, 0.4) is 0 Å². The van der Waals surface area contributed by atoms with E-state index in [-0.39, 0.29) is 35.6 Å². The molecule has 2 aromatic carbocycles. The highest BCUT2D eigenvalue weighted by atomic mass is 16.3. The number of rotatable bonds is 4. The van der Waals surface area contributed by atoms with Crippen LogP contribution in [0.5, 0.6) is 5.75 Å². The average molecular weight is 576 g/mol. The summed E-state index contributed by atoms with van der Waals surface area (Å²) in [5, 5.41) is 27.1. The Bertz CT molecular complexity index is 1580. The Kier molecular flexibility index (Phi) is 7.05. The molecule has 42 heavy (non-hydrogen) atoms. The Hall–Kier alpha value is -4.71. The van der Waals surface area contributed by atoms with Gasteiger partial charge >= 0.3 is 6.03 Å². The first-order valence-electron chi connectivity index (χ1n) is 13.5. The molecule has 0 bridgehead atoms. The lowest BCUT2D eigenvalue weighted by atomic mass is 9.53.